The summed E-state index contributed by atoms with van der Waals surface area (Å²) in [6.07, 6.45) is 0.987. The molecule has 0 spiro atoms. The Hall–Kier alpha value is -1.02. The highest BCUT2D eigenvalue weighted by molar-refractivity contribution is 6.30. The Balaban J connectivity index is 1.91. The molecule has 0 bridgehead atoms. The Bertz CT molecular complexity index is 591. The van der Waals surface area contributed by atoms with Crippen LogP contribution in [0.1, 0.15) is 11.1 Å². The van der Waals surface area contributed by atoms with E-state index in [-0.39, 0.29) is 5.41 Å². The van der Waals surface area contributed by atoms with Gasteiger partial charge in [-0.2, -0.15) is 0 Å². The molecule has 0 saturated carbocycles. The molecular weight excluding hydrogens is 277 g/mol. The first kappa shape index (κ1) is 13.0. The largest absolute Gasteiger partial charge is 0.315 e. The number of hydrogen-bond acceptors (Lipinski definition) is 1. The lowest BCUT2D eigenvalue weighted by Crippen LogP contribution is -2.58. The normalized spacial score (nSPS) is 16.9. The Morgan fingerprint density at radius 2 is 1.63 bits per heavy atom. The van der Waals surface area contributed by atoms with Gasteiger partial charge in [0.2, 0.25) is 0 Å². The number of halogens is 2. The van der Waals surface area contributed by atoms with Crippen LogP contribution >= 0.6 is 23.2 Å². The first-order valence-electron chi connectivity index (χ1n) is 6.39. The molecule has 98 valence electrons. The van der Waals surface area contributed by atoms with E-state index in [0.717, 1.165) is 29.6 Å². The van der Waals surface area contributed by atoms with Gasteiger partial charge in [-0.1, -0.05) is 47.5 Å². The van der Waals surface area contributed by atoms with Crippen molar-refractivity contribution >= 4 is 23.2 Å². The van der Waals surface area contributed by atoms with Crippen LogP contribution in [0.2, 0.25) is 10.0 Å². The summed E-state index contributed by atoms with van der Waals surface area (Å²) in [6, 6.07) is 16.3. The zero-order chi connectivity index (χ0) is 13.3. The monoisotopic (exact) mass is 291 g/mol. The Kier molecular flexibility index (Phi) is 3.53. The maximum atomic E-state index is 6.12. The summed E-state index contributed by atoms with van der Waals surface area (Å²) < 4.78 is 0. The average Bonchev–Trinajstić information content (AvgIpc) is 2.34. The number of nitrogens with one attached hydrogen (secondary N) is 1. The third-order valence-electron chi connectivity index (χ3n) is 3.80. The molecule has 1 saturated heterocycles. The van der Waals surface area contributed by atoms with E-state index in [2.05, 4.69) is 23.5 Å². The summed E-state index contributed by atoms with van der Waals surface area (Å²) in [7, 11) is 0. The van der Waals surface area contributed by atoms with E-state index >= 15 is 0 Å². The molecule has 0 aliphatic carbocycles. The third-order valence-corrected chi connectivity index (χ3v) is 4.27. The summed E-state index contributed by atoms with van der Waals surface area (Å²) >= 11 is 12.2. The molecule has 1 heterocycles. The van der Waals surface area contributed by atoms with Crippen molar-refractivity contribution in [3.8, 4) is 0 Å². The lowest BCUT2D eigenvalue weighted by atomic mass is 9.71. The average molecular weight is 292 g/mol. The van der Waals surface area contributed by atoms with Crippen LogP contribution in [0.25, 0.3) is 0 Å². The zero-order valence-electron chi connectivity index (χ0n) is 10.5. The second-order valence-electron chi connectivity index (χ2n) is 5.20. The van der Waals surface area contributed by atoms with Gasteiger partial charge in [-0.15, -0.1) is 0 Å². The topological polar surface area (TPSA) is 12.0 Å². The van der Waals surface area contributed by atoms with Crippen LogP contribution in [0.3, 0.4) is 0 Å². The summed E-state index contributed by atoms with van der Waals surface area (Å²) in [4.78, 5) is 0. The predicted octanol–water partition coefficient (Wildman–Crippen LogP) is 4.08. The third kappa shape index (κ3) is 2.64. The van der Waals surface area contributed by atoms with Crippen molar-refractivity contribution in [3.05, 3.63) is 69.7 Å². The Morgan fingerprint density at radius 1 is 0.947 bits per heavy atom. The Morgan fingerprint density at radius 3 is 2.21 bits per heavy atom. The second-order valence-corrected chi connectivity index (χ2v) is 6.07. The van der Waals surface area contributed by atoms with E-state index in [1.165, 1.54) is 11.1 Å². The minimum Gasteiger partial charge on any atom is -0.315 e. The maximum Gasteiger partial charge on any atom is 0.0408 e. The molecule has 3 rings (SSSR count). The second kappa shape index (κ2) is 5.16. The minimum absolute atomic E-state index is 0.148. The molecule has 19 heavy (non-hydrogen) atoms. The molecule has 3 heteroatoms. The van der Waals surface area contributed by atoms with E-state index in [1.54, 1.807) is 0 Å². The van der Waals surface area contributed by atoms with E-state index in [1.807, 2.05) is 30.3 Å². The number of rotatable bonds is 3. The summed E-state index contributed by atoms with van der Waals surface area (Å²) in [5, 5.41) is 4.98. The highest BCUT2D eigenvalue weighted by Gasteiger charge is 2.38. The van der Waals surface area contributed by atoms with Gasteiger partial charge < -0.3 is 5.32 Å². The van der Waals surface area contributed by atoms with Crippen molar-refractivity contribution in [2.45, 2.75) is 11.8 Å². The smallest absolute Gasteiger partial charge is 0.0408 e. The molecule has 2 aromatic carbocycles. The quantitative estimate of drug-likeness (QED) is 0.899. The highest BCUT2D eigenvalue weighted by Crippen LogP contribution is 2.34. The predicted molar refractivity (Wildman–Crippen MR) is 81.2 cm³/mol. The van der Waals surface area contributed by atoms with Gasteiger partial charge >= 0.3 is 0 Å². The molecule has 1 nitrogen and oxygen atoms in total. The highest BCUT2D eigenvalue weighted by atomic mass is 35.5. The first-order valence-corrected chi connectivity index (χ1v) is 7.15. The van der Waals surface area contributed by atoms with E-state index in [4.69, 9.17) is 23.2 Å². The Labute approximate surface area is 123 Å². The maximum absolute atomic E-state index is 6.12. The van der Waals surface area contributed by atoms with Gasteiger partial charge in [0.25, 0.3) is 0 Å². The van der Waals surface area contributed by atoms with Gasteiger partial charge in [-0.3, -0.25) is 0 Å². The fourth-order valence-electron chi connectivity index (χ4n) is 2.71. The summed E-state index contributed by atoms with van der Waals surface area (Å²) in [6.45, 7) is 1.97. The number of hydrogen-bond donors (Lipinski definition) is 1. The standard InChI is InChI=1S/C16H15Cl2N/c17-14-5-1-3-12(7-14)9-16(10-19-11-16)13-4-2-6-15(18)8-13/h1-8,19H,9-11H2. The molecule has 0 amide bonds. The van der Waals surface area contributed by atoms with Crippen LogP contribution in [0.4, 0.5) is 0 Å². The summed E-state index contributed by atoms with van der Waals surface area (Å²) in [5.41, 5.74) is 2.72. The lowest BCUT2D eigenvalue weighted by molar-refractivity contribution is 0.275. The molecule has 0 radical (unpaired) electrons. The SMILES string of the molecule is Clc1cccc(CC2(c3cccc(Cl)c3)CNC2)c1. The molecule has 0 aromatic heterocycles. The zero-order valence-corrected chi connectivity index (χ0v) is 12.0. The van der Waals surface area contributed by atoms with Crippen LogP contribution in [0.5, 0.6) is 0 Å². The summed E-state index contributed by atoms with van der Waals surface area (Å²) in [5.74, 6) is 0. The van der Waals surface area contributed by atoms with Crippen molar-refractivity contribution in [3.63, 3.8) is 0 Å². The van der Waals surface area contributed by atoms with Gasteiger partial charge in [0, 0.05) is 28.5 Å². The van der Waals surface area contributed by atoms with Crippen molar-refractivity contribution in [1.29, 1.82) is 0 Å². The molecular formula is C16H15Cl2N. The van der Waals surface area contributed by atoms with Gasteiger partial charge in [0.1, 0.15) is 0 Å². The number of benzene rings is 2. The van der Waals surface area contributed by atoms with Gasteiger partial charge in [0.05, 0.1) is 0 Å². The molecule has 1 aliphatic heterocycles. The van der Waals surface area contributed by atoms with Crippen LogP contribution in [-0.4, -0.2) is 13.1 Å². The molecule has 1 N–H and O–H groups in total. The lowest BCUT2D eigenvalue weighted by Gasteiger charge is -2.43. The molecule has 2 aromatic rings. The molecule has 1 aliphatic rings. The van der Waals surface area contributed by atoms with Gasteiger partial charge in [-0.05, 0) is 41.8 Å². The van der Waals surface area contributed by atoms with Crippen LogP contribution in [0.15, 0.2) is 48.5 Å². The first-order chi connectivity index (χ1) is 9.18. The van der Waals surface area contributed by atoms with Crippen LogP contribution < -0.4 is 5.32 Å². The fraction of sp³-hybridized carbons (Fsp3) is 0.250. The van der Waals surface area contributed by atoms with E-state index < -0.39 is 0 Å². The van der Waals surface area contributed by atoms with Crippen molar-refractivity contribution in [2.75, 3.05) is 13.1 Å². The molecule has 0 unspecified atom stereocenters. The van der Waals surface area contributed by atoms with Crippen molar-refractivity contribution in [2.24, 2.45) is 0 Å². The minimum atomic E-state index is 0.148. The van der Waals surface area contributed by atoms with Gasteiger partial charge in [0.15, 0.2) is 0 Å². The van der Waals surface area contributed by atoms with Crippen molar-refractivity contribution in [1.82, 2.24) is 5.32 Å². The van der Waals surface area contributed by atoms with Crippen molar-refractivity contribution < 1.29 is 0 Å². The van der Waals surface area contributed by atoms with Gasteiger partial charge in [-0.25, -0.2) is 0 Å². The molecule has 0 atom stereocenters. The van der Waals surface area contributed by atoms with E-state index in [9.17, 15) is 0 Å². The molecule has 1 fully saturated rings. The van der Waals surface area contributed by atoms with Crippen LogP contribution in [-0.2, 0) is 11.8 Å². The fourth-order valence-corrected chi connectivity index (χ4v) is 3.12. The van der Waals surface area contributed by atoms with Crippen LogP contribution in [0, 0.1) is 0 Å². The van der Waals surface area contributed by atoms with E-state index in [0.29, 0.717) is 0 Å².